The molecule has 1 fully saturated rings. The summed E-state index contributed by atoms with van der Waals surface area (Å²) in [6.07, 6.45) is 15.8. The number of hydrogen-bond acceptors (Lipinski definition) is 5. The molecule has 1 N–H and O–H groups in total. The molecule has 1 saturated heterocycles. The quantitative estimate of drug-likeness (QED) is 0.245. The Balaban J connectivity index is 2.08. The van der Waals surface area contributed by atoms with Crippen LogP contribution < -0.4 is 4.90 Å². The van der Waals surface area contributed by atoms with Crippen LogP contribution in [0, 0.1) is 17.1 Å². The molecule has 0 unspecified atom stereocenters. The minimum atomic E-state index is -0.563. The van der Waals surface area contributed by atoms with Crippen molar-refractivity contribution in [1.29, 1.82) is 5.26 Å². The molecule has 0 aliphatic carbocycles. The smallest absolute Gasteiger partial charge is 0.141 e. The average molecular weight is 541 g/mol. The number of allylic oxidation sites excluding steroid dienone is 5. The third-order valence-corrected chi connectivity index (χ3v) is 6.98. The van der Waals surface area contributed by atoms with E-state index in [0.29, 0.717) is 5.56 Å². The molecule has 1 heterocycles. The lowest BCUT2D eigenvalue weighted by atomic mass is 10.0. The first kappa shape index (κ1) is 30.3. The maximum absolute atomic E-state index is 14.8. The molecule has 0 atom stereocenters. The van der Waals surface area contributed by atoms with Gasteiger partial charge < -0.3 is 19.8 Å². The standard InChI is InChI=1S/C34H41FN4O/c1-6-8-12-30(24-37(3)4)27-15-17-31(18-16-27)38(5)33(28-13-14-29(23-36)32(35)21-28)22-26(7-2)34(25-40)39-19-10-9-11-20-39/h7-8,12-18,21-22,24-25,40H,6,9-11,19-20H2,1-5H3/b12-8+,26-7+,30-24+,33-22-,34-25?. The predicted molar refractivity (Wildman–Crippen MR) is 165 cm³/mol. The molecule has 0 radical (unpaired) electrons. The molecule has 1 aliphatic rings. The van der Waals surface area contributed by atoms with Gasteiger partial charge in [0, 0.05) is 57.4 Å². The zero-order valence-electron chi connectivity index (χ0n) is 24.4. The van der Waals surface area contributed by atoms with E-state index in [4.69, 9.17) is 0 Å². The Bertz CT molecular complexity index is 1340. The second-order valence-corrected chi connectivity index (χ2v) is 10.1. The molecule has 0 bridgehead atoms. The zero-order valence-corrected chi connectivity index (χ0v) is 24.4. The number of halogens is 1. The normalized spacial score (nSPS) is 15.4. The Hall–Kier alpha value is -4.24. The molecule has 1 aliphatic heterocycles. The van der Waals surface area contributed by atoms with Crippen LogP contribution in [0.25, 0.3) is 11.3 Å². The second kappa shape index (κ2) is 14.8. The van der Waals surface area contributed by atoms with E-state index in [1.807, 2.05) is 56.1 Å². The minimum absolute atomic E-state index is 0.00552. The zero-order chi connectivity index (χ0) is 29.1. The minimum Gasteiger partial charge on any atom is -0.513 e. The molecule has 5 nitrogen and oxygen atoms in total. The number of likely N-dealkylation sites (tertiary alicyclic amines) is 1. The van der Waals surface area contributed by atoms with E-state index in [0.717, 1.165) is 66.1 Å². The van der Waals surface area contributed by atoms with E-state index in [1.54, 1.807) is 6.07 Å². The van der Waals surface area contributed by atoms with Crippen LogP contribution in [0.15, 0.2) is 90.5 Å². The number of anilines is 1. The summed E-state index contributed by atoms with van der Waals surface area (Å²) in [5.74, 6) is -0.563. The van der Waals surface area contributed by atoms with Crippen LogP contribution in [0.2, 0.25) is 0 Å². The first-order chi connectivity index (χ1) is 19.3. The topological polar surface area (TPSA) is 53.7 Å². The summed E-state index contributed by atoms with van der Waals surface area (Å²) in [7, 11) is 5.96. The van der Waals surface area contributed by atoms with Crippen molar-refractivity contribution in [3.8, 4) is 6.07 Å². The Morgan fingerprint density at radius 2 is 1.73 bits per heavy atom. The lowest BCUT2D eigenvalue weighted by molar-refractivity contribution is 0.279. The van der Waals surface area contributed by atoms with Crippen molar-refractivity contribution < 1.29 is 9.50 Å². The van der Waals surface area contributed by atoms with Crippen molar-refractivity contribution >= 4 is 17.0 Å². The van der Waals surface area contributed by atoms with E-state index in [2.05, 4.69) is 54.4 Å². The highest BCUT2D eigenvalue weighted by atomic mass is 19.1. The molecule has 2 aromatic carbocycles. The largest absolute Gasteiger partial charge is 0.513 e. The number of nitrogens with zero attached hydrogens (tertiary/aromatic N) is 4. The average Bonchev–Trinajstić information content (AvgIpc) is 2.97. The van der Waals surface area contributed by atoms with Gasteiger partial charge in [-0.15, -0.1) is 0 Å². The molecular weight excluding hydrogens is 499 g/mol. The van der Waals surface area contributed by atoms with Crippen LogP contribution in [0.1, 0.15) is 56.2 Å². The fourth-order valence-electron chi connectivity index (χ4n) is 4.82. The van der Waals surface area contributed by atoms with Gasteiger partial charge in [-0.05, 0) is 79.7 Å². The van der Waals surface area contributed by atoms with Crippen molar-refractivity contribution in [2.24, 2.45) is 0 Å². The molecule has 0 saturated carbocycles. The van der Waals surface area contributed by atoms with Gasteiger partial charge in [-0.2, -0.15) is 5.26 Å². The Morgan fingerprint density at radius 1 is 1.05 bits per heavy atom. The third-order valence-electron chi connectivity index (χ3n) is 6.98. The van der Waals surface area contributed by atoms with Gasteiger partial charge in [0.1, 0.15) is 18.1 Å². The van der Waals surface area contributed by atoms with E-state index < -0.39 is 5.82 Å². The van der Waals surface area contributed by atoms with Crippen LogP contribution in [0.5, 0.6) is 0 Å². The number of rotatable bonds is 10. The van der Waals surface area contributed by atoms with Crippen LogP contribution in [-0.2, 0) is 0 Å². The number of aliphatic hydroxyl groups is 1. The van der Waals surface area contributed by atoms with Gasteiger partial charge in [-0.1, -0.05) is 43.4 Å². The van der Waals surface area contributed by atoms with Gasteiger partial charge in [0.05, 0.1) is 11.3 Å². The summed E-state index contributed by atoms with van der Waals surface area (Å²) >= 11 is 0. The third kappa shape index (κ3) is 7.66. The monoisotopic (exact) mass is 540 g/mol. The summed E-state index contributed by atoms with van der Waals surface area (Å²) < 4.78 is 14.8. The van der Waals surface area contributed by atoms with Crippen molar-refractivity contribution in [1.82, 2.24) is 9.80 Å². The van der Waals surface area contributed by atoms with Crippen LogP contribution in [0.3, 0.4) is 0 Å². The SMILES string of the molecule is C/C=C(\C=C(\c1ccc(C#N)c(F)c1)N(C)c1ccc(C(/C=C/CC)=C/N(C)C)cc1)C(=CO)N1CCCCC1. The van der Waals surface area contributed by atoms with E-state index in [-0.39, 0.29) is 5.56 Å². The first-order valence-electron chi connectivity index (χ1n) is 13.9. The van der Waals surface area contributed by atoms with E-state index >= 15 is 0 Å². The Kier molecular flexibility index (Phi) is 11.2. The maximum atomic E-state index is 14.8. The molecule has 0 amide bonds. The van der Waals surface area contributed by atoms with Crippen molar-refractivity contribution in [2.45, 2.75) is 39.5 Å². The number of benzene rings is 2. The first-order valence-corrected chi connectivity index (χ1v) is 13.9. The lowest BCUT2D eigenvalue weighted by Crippen LogP contribution is -2.30. The number of nitriles is 1. The highest BCUT2D eigenvalue weighted by Crippen LogP contribution is 2.31. The van der Waals surface area contributed by atoms with Gasteiger partial charge in [0.25, 0.3) is 0 Å². The molecule has 2 aromatic rings. The lowest BCUT2D eigenvalue weighted by Gasteiger charge is -2.32. The summed E-state index contributed by atoms with van der Waals surface area (Å²) in [6, 6.07) is 14.9. The maximum Gasteiger partial charge on any atom is 0.141 e. The van der Waals surface area contributed by atoms with Crippen molar-refractivity contribution in [3.63, 3.8) is 0 Å². The van der Waals surface area contributed by atoms with Crippen LogP contribution in [-0.4, -0.2) is 49.1 Å². The summed E-state index contributed by atoms with van der Waals surface area (Å²) in [4.78, 5) is 6.24. The van der Waals surface area contributed by atoms with Crippen molar-refractivity contribution in [3.05, 3.63) is 113 Å². The summed E-state index contributed by atoms with van der Waals surface area (Å²) in [5.41, 5.74) is 6.11. The molecule has 210 valence electrons. The highest BCUT2D eigenvalue weighted by molar-refractivity contribution is 5.82. The Morgan fingerprint density at radius 3 is 2.27 bits per heavy atom. The number of hydrogen-bond donors (Lipinski definition) is 1. The van der Waals surface area contributed by atoms with E-state index in [9.17, 15) is 14.8 Å². The fraction of sp³-hybridized carbons (Fsp3) is 0.324. The van der Waals surface area contributed by atoms with Gasteiger partial charge in [-0.25, -0.2) is 4.39 Å². The molecule has 0 spiro atoms. The molecule has 40 heavy (non-hydrogen) atoms. The molecule has 6 heteroatoms. The summed E-state index contributed by atoms with van der Waals surface area (Å²) in [6.45, 7) is 5.81. The van der Waals surface area contributed by atoms with Crippen LogP contribution in [0.4, 0.5) is 10.1 Å². The van der Waals surface area contributed by atoms with Gasteiger partial charge in [0.15, 0.2) is 0 Å². The van der Waals surface area contributed by atoms with Crippen molar-refractivity contribution in [2.75, 3.05) is 39.1 Å². The number of piperidine rings is 1. The molecule has 0 aromatic heterocycles. The highest BCUT2D eigenvalue weighted by Gasteiger charge is 2.19. The fourth-order valence-corrected chi connectivity index (χ4v) is 4.82. The molecule has 3 rings (SSSR count). The predicted octanol–water partition coefficient (Wildman–Crippen LogP) is 7.87. The van der Waals surface area contributed by atoms with Gasteiger partial charge in [0.2, 0.25) is 0 Å². The van der Waals surface area contributed by atoms with Gasteiger partial charge >= 0.3 is 0 Å². The van der Waals surface area contributed by atoms with Crippen LogP contribution >= 0.6 is 0 Å². The summed E-state index contributed by atoms with van der Waals surface area (Å²) in [5, 5.41) is 19.5. The number of aliphatic hydroxyl groups excluding tert-OH is 1. The van der Waals surface area contributed by atoms with E-state index in [1.165, 1.54) is 24.8 Å². The van der Waals surface area contributed by atoms with Gasteiger partial charge in [-0.3, -0.25) is 0 Å². The Labute approximate surface area is 239 Å². The second-order valence-electron chi connectivity index (χ2n) is 10.1. The molecular formula is C34H41FN4O.